The zero-order valence-corrected chi connectivity index (χ0v) is 16.8. The van der Waals surface area contributed by atoms with Crippen LogP contribution in [0.4, 0.5) is 0 Å². The van der Waals surface area contributed by atoms with Gasteiger partial charge in [-0.05, 0) is 37.6 Å². The van der Waals surface area contributed by atoms with Crippen LogP contribution in [0.25, 0.3) is 10.9 Å². The molecule has 0 radical (unpaired) electrons. The molecular weight excluding hydrogens is 428 g/mol. The molecule has 0 aliphatic carbocycles. The van der Waals surface area contributed by atoms with E-state index in [9.17, 15) is 8.42 Å². The minimum absolute atomic E-state index is 0.208. The van der Waals surface area contributed by atoms with Gasteiger partial charge in [0.2, 0.25) is 10.0 Å². The fourth-order valence-corrected chi connectivity index (χ4v) is 5.37. The Balaban J connectivity index is 2.27. The van der Waals surface area contributed by atoms with Gasteiger partial charge in [0.25, 0.3) is 0 Å². The van der Waals surface area contributed by atoms with Crippen LogP contribution in [0.15, 0.2) is 46.0 Å². The maximum Gasteiger partial charge on any atom is 0.249 e. The van der Waals surface area contributed by atoms with Crippen molar-refractivity contribution in [2.45, 2.75) is 25.0 Å². The molecule has 0 saturated carbocycles. The highest BCUT2D eigenvalue weighted by molar-refractivity contribution is 9.10. The van der Waals surface area contributed by atoms with E-state index in [1.807, 2.05) is 6.07 Å². The maximum atomic E-state index is 13.4. The summed E-state index contributed by atoms with van der Waals surface area (Å²) in [5, 5.41) is 3.68. The summed E-state index contributed by atoms with van der Waals surface area (Å²) >= 11 is 9.43. The van der Waals surface area contributed by atoms with Crippen molar-refractivity contribution in [2.24, 2.45) is 0 Å². The van der Waals surface area contributed by atoms with E-state index < -0.39 is 15.3 Å². The van der Waals surface area contributed by atoms with Crippen molar-refractivity contribution in [1.82, 2.24) is 9.13 Å². The van der Waals surface area contributed by atoms with Gasteiger partial charge in [-0.25, -0.2) is 12.4 Å². The largest absolute Gasteiger partial charge is 0.361 e. The molecule has 3 rings (SSSR count). The first kappa shape index (κ1) is 18.2. The van der Waals surface area contributed by atoms with Crippen LogP contribution in [-0.2, 0) is 15.9 Å². The van der Waals surface area contributed by atoms with Gasteiger partial charge in [-0.3, -0.25) is 0 Å². The van der Waals surface area contributed by atoms with Crippen LogP contribution in [0.2, 0.25) is 0 Å². The van der Waals surface area contributed by atoms with E-state index in [0.29, 0.717) is 22.5 Å². The number of fused-ring (bicyclic) bond motifs is 1. The molecule has 1 unspecified atom stereocenters. The number of hydrogen-bond acceptors (Lipinski definition) is 4. The van der Waals surface area contributed by atoms with Crippen molar-refractivity contribution in [2.75, 3.05) is 0 Å². The molecule has 25 heavy (non-hydrogen) atoms. The second-order valence-corrected chi connectivity index (χ2v) is 8.80. The van der Waals surface area contributed by atoms with E-state index in [4.69, 9.17) is 16.1 Å². The molecule has 0 bridgehead atoms. The standard InChI is InChI=1S/C17H16BrClN2O3S/c1-4-16(17-10(2)20-24-11(17)3)25(22,23)21-9-12(8-19)14-7-13(18)5-6-15(14)21/h4-7,9,16H,1,8H2,2-3H3. The third kappa shape index (κ3) is 2.94. The number of halogens is 2. The Hall–Kier alpha value is -1.57. The van der Waals surface area contributed by atoms with Gasteiger partial charge >= 0.3 is 0 Å². The summed E-state index contributed by atoms with van der Waals surface area (Å²) < 4.78 is 34.0. The smallest absolute Gasteiger partial charge is 0.249 e. The Morgan fingerprint density at radius 1 is 1.44 bits per heavy atom. The first-order valence-corrected chi connectivity index (χ1v) is 10.3. The molecule has 0 amide bonds. The molecule has 0 aliphatic rings. The van der Waals surface area contributed by atoms with Gasteiger partial charge < -0.3 is 4.52 Å². The van der Waals surface area contributed by atoms with E-state index in [0.717, 1.165) is 15.4 Å². The zero-order valence-electron chi connectivity index (χ0n) is 13.7. The van der Waals surface area contributed by atoms with Crippen molar-refractivity contribution >= 4 is 48.5 Å². The summed E-state index contributed by atoms with van der Waals surface area (Å²) in [5.41, 5.74) is 2.35. The minimum Gasteiger partial charge on any atom is -0.361 e. The Morgan fingerprint density at radius 3 is 2.72 bits per heavy atom. The van der Waals surface area contributed by atoms with E-state index >= 15 is 0 Å². The average molecular weight is 444 g/mol. The van der Waals surface area contributed by atoms with Crippen molar-refractivity contribution in [3.63, 3.8) is 0 Å². The van der Waals surface area contributed by atoms with Crippen molar-refractivity contribution in [3.8, 4) is 0 Å². The lowest BCUT2D eigenvalue weighted by molar-refractivity contribution is 0.392. The normalized spacial score (nSPS) is 13.3. The third-order valence-corrected chi connectivity index (χ3v) is 6.84. The zero-order chi connectivity index (χ0) is 18.4. The summed E-state index contributed by atoms with van der Waals surface area (Å²) in [6.07, 6.45) is 2.96. The number of nitrogens with zero attached hydrogens (tertiary/aromatic N) is 2. The van der Waals surface area contributed by atoms with Crippen LogP contribution < -0.4 is 0 Å². The van der Waals surface area contributed by atoms with Crippen LogP contribution in [0, 0.1) is 13.8 Å². The van der Waals surface area contributed by atoms with E-state index in [1.165, 1.54) is 10.0 Å². The fraction of sp³-hybridized carbons (Fsp3) is 0.235. The molecule has 0 fully saturated rings. The second-order valence-electron chi connectivity index (χ2n) is 5.68. The molecule has 0 N–H and O–H groups in total. The molecule has 132 valence electrons. The Bertz CT molecular complexity index is 1050. The molecule has 0 saturated heterocycles. The van der Waals surface area contributed by atoms with E-state index in [1.54, 1.807) is 32.2 Å². The first-order chi connectivity index (χ1) is 11.8. The summed E-state index contributed by atoms with van der Waals surface area (Å²) in [6.45, 7) is 7.12. The molecular formula is C17H16BrClN2O3S. The number of hydrogen-bond donors (Lipinski definition) is 0. The Kier molecular flexibility index (Phi) is 4.83. The van der Waals surface area contributed by atoms with Gasteiger partial charge in [0.15, 0.2) is 0 Å². The third-order valence-electron chi connectivity index (χ3n) is 4.14. The van der Waals surface area contributed by atoms with Gasteiger partial charge in [-0.15, -0.1) is 18.2 Å². The minimum atomic E-state index is -3.82. The predicted octanol–water partition coefficient (Wildman–Crippen LogP) is 4.85. The molecule has 2 aromatic heterocycles. The number of aryl methyl sites for hydroxylation is 2. The summed E-state index contributed by atoms with van der Waals surface area (Å²) in [4.78, 5) is 0. The van der Waals surface area contributed by atoms with Gasteiger partial charge in [0, 0.05) is 27.5 Å². The monoisotopic (exact) mass is 442 g/mol. The van der Waals surface area contributed by atoms with Crippen molar-refractivity contribution in [1.29, 1.82) is 0 Å². The van der Waals surface area contributed by atoms with Gasteiger partial charge in [-0.1, -0.05) is 27.2 Å². The molecule has 1 atom stereocenters. The molecule has 0 aliphatic heterocycles. The number of benzene rings is 1. The average Bonchev–Trinajstić information content (AvgIpc) is 3.10. The summed E-state index contributed by atoms with van der Waals surface area (Å²) in [6, 6.07) is 5.41. The topological polar surface area (TPSA) is 65.1 Å². The summed E-state index contributed by atoms with van der Waals surface area (Å²) in [5.74, 6) is 0.669. The van der Waals surface area contributed by atoms with Gasteiger partial charge in [0.05, 0.1) is 11.2 Å². The molecule has 3 aromatic rings. The van der Waals surface area contributed by atoms with Crippen LogP contribution in [0.5, 0.6) is 0 Å². The fourth-order valence-electron chi connectivity index (χ4n) is 2.96. The van der Waals surface area contributed by atoms with Crippen LogP contribution in [0.3, 0.4) is 0 Å². The molecule has 0 spiro atoms. The van der Waals surface area contributed by atoms with Crippen LogP contribution in [0.1, 0.15) is 27.8 Å². The molecule has 1 aromatic carbocycles. The Morgan fingerprint density at radius 2 is 2.16 bits per heavy atom. The van der Waals surface area contributed by atoms with Gasteiger partial charge in [-0.2, -0.15) is 0 Å². The highest BCUT2D eigenvalue weighted by atomic mass is 79.9. The quantitative estimate of drug-likeness (QED) is 0.417. The van der Waals surface area contributed by atoms with Crippen LogP contribution >= 0.6 is 27.5 Å². The lowest BCUT2D eigenvalue weighted by Gasteiger charge is -2.15. The number of aromatic nitrogens is 2. The van der Waals surface area contributed by atoms with Crippen molar-refractivity contribution in [3.05, 3.63) is 64.1 Å². The SMILES string of the molecule is C=CC(c1c(C)noc1C)S(=O)(=O)n1cc(CCl)c2cc(Br)ccc21. The molecule has 8 heteroatoms. The predicted molar refractivity (Wildman–Crippen MR) is 102 cm³/mol. The second kappa shape index (κ2) is 6.63. The van der Waals surface area contributed by atoms with E-state index in [-0.39, 0.29) is 5.88 Å². The first-order valence-electron chi connectivity index (χ1n) is 7.46. The van der Waals surface area contributed by atoms with E-state index in [2.05, 4.69) is 27.7 Å². The van der Waals surface area contributed by atoms with Gasteiger partial charge in [0.1, 0.15) is 11.0 Å². The highest BCUT2D eigenvalue weighted by Crippen LogP contribution is 2.35. The van der Waals surface area contributed by atoms with Crippen molar-refractivity contribution < 1.29 is 12.9 Å². The number of alkyl halides is 1. The summed E-state index contributed by atoms with van der Waals surface area (Å²) in [7, 11) is -3.82. The maximum absolute atomic E-state index is 13.4. The molecule has 5 nitrogen and oxygen atoms in total. The highest BCUT2D eigenvalue weighted by Gasteiger charge is 2.32. The number of rotatable bonds is 5. The lowest BCUT2D eigenvalue weighted by Crippen LogP contribution is -2.20. The Labute approximate surface area is 159 Å². The molecule has 2 heterocycles. The lowest BCUT2D eigenvalue weighted by atomic mass is 10.1. The van der Waals surface area contributed by atoms with Crippen LogP contribution in [-0.4, -0.2) is 17.5 Å².